The molecule has 9 heteroatoms. The van der Waals surface area contributed by atoms with Crippen LogP contribution in [0.25, 0.3) is 5.69 Å². The van der Waals surface area contributed by atoms with Gasteiger partial charge in [-0.3, -0.25) is 4.79 Å². The van der Waals surface area contributed by atoms with Gasteiger partial charge in [0.05, 0.1) is 21.3 Å². The molecule has 1 aromatic heterocycles. The molecule has 2 aliphatic carbocycles. The van der Waals surface area contributed by atoms with Crippen molar-refractivity contribution in [2.75, 3.05) is 0 Å². The van der Waals surface area contributed by atoms with Gasteiger partial charge in [0.2, 0.25) is 0 Å². The zero-order valence-corrected chi connectivity index (χ0v) is 21.1. The monoisotopic (exact) mass is 533 g/mol. The number of hydrogen-bond acceptors (Lipinski definition) is 5. The Hall–Kier alpha value is -3.68. The standard InChI is InChI=1S/C28H21Cl2N3O4/c29-22-2-1-3-23(30)26(22)33-24(25(31-32-33)16-6-7-16)14-37-19-10-11-20-17(12-19)8-4-15-5-9-18(28(35)36)13-21(15)27(20)34/h1-3,5,9-13,16H,4,6-8,14H2,(H,35,36). The number of ether oxygens (including phenoxy) is 1. The van der Waals surface area contributed by atoms with Crippen molar-refractivity contribution in [1.29, 1.82) is 0 Å². The molecule has 37 heavy (non-hydrogen) atoms. The lowest BCUT2D eigenvalue weighted by Crippen LogP contribution is -2.09. The highest BCUT2D eigenvalue weighted by molar-refractivity contribution is 6.37. The van der Waals surface area contributed by atoms with Crippen molar-refractivity contribution in [1.82, 2.24) is 15.0 Å². The topological polar surface area (TPSA) is 94.3 Å². The predicted octanol–water partition coefficient (Wildman–Crippen LogP) is 6.06. The minimum atomic E-state index is -1.05. The summed E-state index contributed by atoms with van der Waals surface area (Å²) in [5.41, 5.74) is 5.03. The highest BCUT2D eigenvalue weighted by Gasteiger charge is 2.32. The normalized spacial score (nSPS) is 14.6. The van der Waals surface area contributed by atoms with E-state index in [-0.39, 0.29) is 18.0 Å². The number of carboxylic acid groups (broad SMARTS) is 1. The minimum absolute atomic E-state index is 0.103. The van der Waals surface area contributed by atoms with Gasteiger partial charge in [-0.2, -0.15) is 0 Å². The molecule has 1 heterocycles. The maximum absolute atomic E-state index is 13.3. The summed E-state index contributed by atoms with van der Waals surface area (Å²) < 4.78 is 7.86. The molecule has 3 aromatic carbocycles. The molecular weight excluding hydrogens is 513 g/mol. The van der Waals surface area contributed by atoms with E-state index >= 15 is 0 Å². The molecule has 0 unspecified atom stereocenters. The Labute approximate surface area is 222 Å². The van der Waals surface area contributed by atoms with Gasteiger partial charge in [-0.15, -0.1) is 5.10 Å². The number of para-hydroxylation sites is 1. The number of halogens is 2. The summed E-state index contributed by atoms with van der Waals surface area (Å²) in [4.78, 5) is 24.7. The second-order valence-electron chi connectivity index (χ2n) is 9.29. The van der Waals surface area contributed by atoms with Crippen LogP contribution in [0.15, 0.2) is 54.6 Å². The number of rotatable bonds is 6. The molecule has 0 aliphatic heterocycles. The van der Waals surface area contributed by atoms with Gasteiger partial charge in [-0.1, -0.05) is 40.5 Å². The van der Waals surface area contributed by atoms with Crippen LogP contribution in [0, 0.1) is 0 Å². The molecule has 1 saturated carbocycles. The predicted molar refractivity (Wildman–Crippen MR) is 138 cm³/mol. The summed E-state index contributed by atoms with van der Waals surface area (Å²) in [5, 5.41) is 19.0. The number of nitrogens with zero attached hydrogens (tertiary/aromatic N) is 3. The van der Waals surface area contributed by atoms with Crippen molar-refractivity contribution in [2.24, 2.45) is 0 Å². The summed E-state index contributed by atoms with van der Waals surface area (Å²) in [6, 6.07) is 15.4. The molecule has 7 nitrogen and oxygen atoms in total. The number of carbonyl (C=O) groups is 2. The number of aromatic nitrogens is 3. The first kappa shape index (κ1) is 23.7. The number of carboxylic acids is 1. The van der Waals surface area contributed by atoms with E-state index in [0.717, 1.165) is 35.4 Å². The number of fused-ring (bicyclic) bond motifs is 2. The average molecular weight is 534 g/mol. The van der Waals surface area contributed by atoms with Crippen molar-refractivity contribution < 1.29 is 19.4 Å². The summed E-state index contributed by atoms with van der Waals surface area (Å²) in [6.07, 6.45) is 3.37. The third-order valence-corrected chi connectivity index (χ3v) is 7.48. The highest BCUT2D eigenvalue weighted by atomic mass is 35.5. The summed E-state index contributed by atoms with van der Waals surface area (Å²) >= 11 is 12.9. The molecule has 6 rings (SSSR count). The molecule has 2 aliphatic rings. The van der Waals surface area contributed by atoms with E-state index in [9.17, 15) is 14.7 Å². The average Bonchev–Trinajstić information content (AvgIpc) is 3.67. The third kappa shape index (κ3) is 4.38. The van der Waals surface area contributed by atoms with Crippen molar-refractivity contribution in [3.05, 3.63) is 104 Å². The fourth-order valence-corrected chi connectivity index (χ4v) is 5.34. The SMILES string of the molecule is O=C(O)c1ccc2c(c1)C(=O)c1ccc(OCc3c(C4CC4)nnn3-c3c(Cl)cccc3Cl)cc1CC2. The van der Waals surface area contributed by atoms with Crippen LogP contribution in [-0.4, -0.2) is 31.9 Å². The molecule has 186 valence electrons. The van der Waals surface area contributed by atoms with Crippen molar-refractivity contribution in [3.63, 3.8) is 0 Å². The van der Waals surface area contributed by atoms with Crippen LogP contribution in [0.3, 0.4) is 0 Å². The first-order valence-corrected chi connectivity index (χ1v) is 12.7. The number of hydrogen-bond donors (Lipinski definition) is 1. The van der Waals surface area contributed by atoms with E-state index in [0.29, 0.717) is 51.4 Å². The summed E-state index contributed by atoms with van der Waals surface area (Å²) in [6.45, 7) is 0.204. The lowest BCUT2D eigenvalue weighted by molar-refractivity contribution is 0.0697. The Bertz CT molecular complexity index is 1560. The van der Waals surface area contributed by atoms with Crippen LogP contribution in [0.5, 0.6) is 5.75 Å². The smallest absolute Gasteiger partial charge is 0.335 e. The Kier molecular flexibility index (Phi) is 5.97. The second-order valence-corrected chi connectivity index (χ2v) is 10.1. The van der Waals surface area contributed by atoms with Crippen LogP contribution >= 0.6 is 23.2 Å². The maximum Gasteiger partial charge on any atom is 0.335 e. The molecule has 1 fully saturated rings. The van der Waals surface area contributed by atoms with E-state index in [1.165, 1.54) is 6.07 Å². The van der Waals surface area contributed by atoms with Crippen LogP contribution in [0.2, 0.25) is 10.0 Å². The van der Waals surface area contributed by atoms with E-state index in [2.05, 4.69) is 10.3 Å². The number of ketones is 1. The van der Waals surface area contributed by atoms with Gasteiger partial charge in [0.25, 0.3) is 0 Å². The zero-order chi connectivity index (χ0) is 25.7. The summed E-state index contributed by atoms with van der Waals surface area (Å²) in [5.74, 6) is -0.277. The fourth-order valence-electron chi connectivity index (χ4n) is 4.79. The lowest BCUT2D eigenvalue weighted by atomic mass is 9.97. The van der Waals surface area contributed by atoms with Crippen molar-refractivity contribution >= 4 is 35.0 Å². The van der Waals surface area contributed by atoms with Crippen LogP contribution in [-0.2, 0) is 19.4 Å². The summed E-state index contributed by atoms with van der Waals surface area (Å²) in [7, 11) is 0. The quantitative estimate of drug-likeness (QED) is 0.323. The number of aryl methyl sites for hydroxylation is 2. The van der Waals surface area contributed by atoms with Crippen LogP contribution in [0.4, 0.5) is 0 Å². The van der Waals surface area contributed by atoms with Gasteiger partial charge in [-0.25, -0.2) is 9.48 Å². The Balaban J connectivity index is 1.30. The van der Waals surface area contributed by atoms with E-state index in [1.807, 2.05) is 6.07 Å². The molecule has 0 amide bonds. The van der Waals surface area contributed by atoms with E-state index in [1.54, 1.807) is 47.1 Å². The van der Waals surface area contributed by atoms with Gasteiger partial charge in [0, 0.05) is 17.0 Å². The van der Waals surface area contributed by atoms with Gasteiger partial charge in [0.1, 0.15) is 23.7 Å². The van der Waals surface area contributed by atoms with Crippen molar-refractivity contribution in [3.8, 4) is 11.4 Å². The van der Waals surface area contributed by atoms with Gasteiger partial charge < -0.3 is 9.84 Å². The second kappa shape index (κ2) is 9.32. The molecular formula is C28H21Cl2N3O4. The molecule has 1 N–H and O–H groups in total. The van der Waals surface area contributed by atoms with Gasteiger partial charge in [-0.05, 0) is 79.3 Å². The molecule has 0 atom stereocenters. The minimum Gasteiger partial charge on any atom is -0.487 e. The molecule has 4 aromatic rings. The number of benzene rings is 3. The third-order valence-electron chi connectivity index (χ3n) is 6.87. The Morgan fingerprint density at radius 2 is 1.76 bits per heavy atom. The molecule has 0 bridgehead atoms. The molecule has 0 spiro atoms. The first-order chi connectivity index (χ1) is 17.9. The van der Waals surface area contributed by atoms with E-state index < -0.39 is 5.97 Å². The Morgan fingerprint density at radius 1 is 1.00 bits per heavy atom. The van der Waals surface area contributed by atoms with Crippen LogP contribution < -0.4 is 4.74 Å². The van der Waals surface area contributed by atoms with Crippen molar-refractivity contribution in [2.45, 2.75) is 38.2 Å². The lowest BCUT2D eigenvalue weighted by Gasteiger charge is -2.13. The maximum atomic E-state index is 13.3. The molecule has 0 radical (unpaired) electrons. The van der Waals surface area contributed by atoms with E-state index in [4.69, 9.17) is 27.9 Å². The fraction of sp³-hybridized carbons (Fsp3) is 0.214. The number of carbonyl (C=O) groups excluding carboxylic acids is 1. The van der Waals surface area contributed by atoms with Gasteiger partial charge >= 0.3 is 5.97 Å². The van der Waals surface area contributed by atoms with Crippen LogP contribution in [0.1, 0.15) is 67.6 Å². The Morgan fingerprint density at radius 3 is 2.49 bits per heavy atom. The van der Waals surface area contributed by atoms with Gasteiger partial charge in [0.15, 0.2) is 5.78 Å². The zero-order valence-electron chi connectivity index (χ0n) is 19.6. The largest absolute Gasteiger partial charge is 0.487 e. The number of aromatic carboxylic acids is 1. The molecule has 0 saturated heterocycles. The highest BCUT2D eigenvalue weighted by Crippen LogP contribution is 2.42. The first-order valence-electron chi connectivity index (χ1n) is 12.0.